The first kappa shape index (κ1) is 9.96. The van der Waals surface area contributed by atoms with Crippen molar-refractivity contribution in [2.45, 2.75) is 53.1 Å². The Bertz CT molecular complexity index is 84.7. The van der Waals surface area contributed by atoms with E-state index in [1.54, 1.807) is 0 Å². The van der Waals surface area contributed by atoms with E-state index in [9.17, 15) is 0 Å². The van der Waals surface area contributed by atoms with Gasteiger partial charge < -0.3 is 5.11 Å². The first-order chi connectivity index (χ1) is 4.48. The monoisotopic (exact) mass is 144 g/mol. The molecule has 0 saturated carbocycles. The molecule has 0 aromatic heterocycles. The van der Waals surface area contributed by atoms with Crippen LogP contribution in [0.4, 0.5) is 0 Å². The van der Waals surface area contributed by atoms with Crippen LogP contribution in [-0.4, -0.2) is 11.2 Å². The summed E-state index contributed by atoms with van der Waals surface area (Å²) in [5.41, 5.74) is 0.414. The second-order valence-electron chi connectivity index (χ2n) is 3.91. The maximum absolute atomic E-state index is 9.01. The van der Waals surface area contributed by atoms with Crippen molar-refractivity contribution in [3.05, 3.63) is 0 Å². The molecule has 0 fully saturated rings. The lowest BCUT2D eigenvalue weighted by Crippen LogP contribution is -2.12. The highest BCUT2D eigenvalue weighted by Crippen LogP contribution is 2.26. The topological polar surface area (TPSA) is 20.2 Å². The molecule has 0 spiro atoms. The lowest BCUT2D eigenvalue weighted by Gasteiger charge is -2.22. The number of rotatable bonds is 4. The Labute approximate surface area is 64.5 Å². The minimum absolute atomic E-state index is 0.133. The molecule has 0 aliphatic rings. The molecule has 0 radical (unpaired) electrons. The third-order valence-corrected chi connectivity index (χ3v) is 2.20. The molecule has 1 atom stereocenters. The molecule has 0 aliphatic carbocycles. The van der Waals surface area contributed by atoms with Crippen LogP contribution in [0.3, 0.4) is 0 Å². The summed E-state index contributed by atoms with van der Waals surface area (Å²) in [4.78, 5) is 0. The Balaban J connectivity index is 3.46. The number of hydrogen-bond acceptors (Lipinski definition) is 1. The second-order valence-corrected chi connectivity index (χ2v) is 3.91. The van der Waals surface area contributed by atoms with E-state index in [0.717, 1.165) is 12.8 Å². The van der Waals surface area contributed by atoms with Gasteiger partial charge in [-0.15, -0.1) is 0 Å². The van der Waals surface area contributed by atoms with Gasteiger partial charge in [-0.25, -0.2) is 0 Å². The summed E-state index contributed by atoms with van der Waals surface area (Å²) < 4.78 is 0. The Kier molecular flexibility index (Phi) is 3.95. The Morgan fingerprint density at radius 2 is 1.90 bits per heavy atom. The van der Waals surface area contributed by atoms with E-state index in [0.29, 0.717) is 5.41 Å². The molecule has 1 N–H and O–H groups in total. The second kappa shape index (κ2) is 3.97. The molecule has 1 unspecified atom stereocenters. The summed E-state index contributed by atoms with van der Waals surface area (Å²) in [6, 6.07) is 0. The summed E-state index contributed by atoms with van der Waals surface area (Å²) in [7, 11) is 0. The van der Waals surface area contributed by atoms with Crippen molar-refractivity contribution < 1.29 is 5.11 Å². The zero-order valence-electron chi connectivity index (χ0n) is 7.65. The Morgan fingerprint density at radius 1 is 1.40 bits per heavy atom. The lowest BCUT2D eigenvalue weighted by atomic mass is 9.84. The van der Waals surface area contributed by atoms with Gasteiger partial charge in [0.25, 0.3) is 0 Å². The maximum Gasteiger partial charge on any atom is 0.0512 e. The summed E-state index contributed by atoms with van der Waals surface area (Å²) >= 11 is 0. The predicted octanol–water partition coefficient (Wildman–Crippen LogP) is 2.58. The zero-order chi connectivity index (χ0) is 8.20. The first-order valence-electron chi connectivity index (χ1n) is 4.16. The van der Waals surface area contributed by atoms with E-state index >= 15 is 0 Å². The van der Waals surface area contributed by atoms with Gasteiger partial charge in [-0.2, -0.15) is 0 Å². The maximum atomic E-state index is 9.01. The summed E-state index contributed by atoms with van der Waals surface area (Å²) in [6.45, 7) is 8.54. The van der Waals surface area contributed by atoms with Crippen molar-refractivity contribution in [1.29, 1.82) is 0 Å². The van der Waals surface area contributed by atoms with Crippen LogP contribution in [0, 0.1) is 5.41 Å². The molecule has 1 heteroatoms. The van der Waals surface area contributed by atoms with E-state index in [4.69, 9.17) is 5.11 Å². The summed E-state index contributed by atoms with van der Waals surface area (Å²) in [6.07, 6.45) is 3.12. The summed E-state index contributed by atoms with van der Waals surface area (Å²) in [5, 5.41) is 9.01. The molecular weight excluding hydrogens is 124 g/mol. The van der Waals surface area contributed by atoms with Gasteiger partial charge in [0.1, 0.15) is 0 Å². The molecule has 0 aromatic carbocycles. The summed E-state index contributed by atoms with van der Waals surface area (Å²) in [5.74, 6) is 0. The van der Waals surface area contributed by atoms with Crippen LogP contribution in [0.15, 0.2) is 0 Å². The first-order valence-corrected chi connectivity index (χ1v) is 4.16. The van der Waals surface area contributed by atoms with Crippen LogP contribution in [0.2, 0.25) is 0 Å². The van der Waals surface area contributed by atoms with E-state index in [2.05, 4.69) is 20.8 Å². The normalized spacial score (nSPS) is 15.3. The van der Waals surface area contributed by atoms with Gasteiger partial charge in [-0.1, -0.05) is 27.2 Å². The third-order valence-electron chi connectivity index (χ3n) is 2.20. The highest BCUT2D eigenvalue weighted by molar-refractivity contribution is 4.67. The van der Waals surface area contributed by atoms with Crippen molar-refractivity contribution in [2.75, 3.05) is 0 Å². The van der Waals surface area contributed by atoms with Crippen LogP contribution < -0.4 is 0 Å². The van der Waals surface area contributed by atoms with Crippen molar-refractivity contribution in [2.24, 2.45) is 5.41 Å². The van der Waals surface area contributed by atoms with Gasteiger partial charge >= 0.3 is 0 Å². The molecule has 0 bridgehead atoms. The molecule has 0 aromatic rings. The fourth-order valence-corrected chi connectivity index (χ4v) is 0.776. The minimum atomic E-state index is -0.133. The van der Waals surface area contributed by atoms with Crippen LogP contribution in [0.25, 0.3) is 0 Å². The van der Waals surface area contributed by atoms with Crippen LogP contribution in [0.1, 0.15) is 47.0 Å². The Morgan fingerprint density at radius 3 is 2.20 bits per heavy atom. The zero-order valence-corrected chi connectivity index (χ0v) is 7.65. The number of aliphatic hydroxyl groups excluding tert-OH is 1. The molecule has 0 aliphatic heterocycles. The molecule has 0 heterocycles. The van der Waals surface area contributed by atoms with Gasteiger partial charge in [0.15, 0.2) is 0 Å². The van der Waals surface area contributed by atoms with Crippen molar-refractivity contribution in [3.63, 3.8) is 0 Å². The van der Waals surface area contributed by atoms with Crippen LogP contribution in [0.5, 0.6) is 0 Å². The molecule has 1 nitrogen and oxygen atoms in total. The van der Waals surface area contributed by atoms with Crippen LogP contribution in [-0.2, 0) is 0 Å². The molecular formula is C9H20O. The van der Waals surface area contributed by atoms with Gasteiger partial charge in [-0.3, -0.25) is 0 Å². The van der Waals surface area contributed by atoms with Gasteiger partial charge in [0.05, 0.1) is 6.10 Å². The third kappa shape index (κ3) is 4.80. The minimum Gasteiger partial charge on any atom is -0.393 e. The average molecular weight is 144 g/mol. The molecule has 0 saturated heterocycles. The van der Waals surface area contributed by atoms with E-state index in [1.807, 2.05) is 6.92 Å². The van der Waals surface area contributed by atoms with Crippen molar-refractivity contribution in [1.82, 2.24) is 0 Å². The quantitative estimate of drug-likeness (QED) is 0.643. The fourth-order valence-electron chi connectivity index (χ4n) is 0.776. The van der Waals surface area contributed by atoms with Crippen LogP contribution >= 0.6 is 0 Å². The van der Waals surface area contributed by atoms with E-state index in [1.165, 1.54) is 6.42 Å². The van der Waals surface area contributed by atoms with Gasteiger partial charge in [0, 0.05) is 0 Å². The highest BCUT2D eigenvalue weighted by atomic mass is 16.3. The highest BCUT2D eigenvalue weighted by Gasteiger charge is 2.14. The molecule has 0 amide bonds. The fraction of sp³-hybridized carbons (Fsp3) is 1.00. The molecule has 62 valence electrons. The standard InChI is InChI=1S/C9H20O/c1-5-9(3,4)7-6-8(2)10/h8,10H,5-7H2,1-4H3. The van der Waals surface area contributed by atoms with Crippen molar-refractivity contribution >= 4 is 0 Å². The molecule has 0 rings (SSSR count). The Hall–Kier alpha value is -0.0400. The van der Waals surface area contributed by atoms with Crippen molar-refractivity contribution in [3.8, 4) is 0 Å². The van der Waals surface area contributed by atoms with Gasteiger partial charge in [-0.05, 0) is 25.2 Å². The predicted molar refractivity (Wildman–Crippen MR) is 45.0 cm³/mol. The molecule has 10 heavy (non-hydrogen) atoms. The number of aliphatic hydroxyl groups is 1. The van der Waals surface area contributed by atoms with Gasteiger partial charge in [0.2, 0.25) is 0 Å². The lowest BCUT2D eigenvalue weighted by molar-refractivity contribution is 0.157. The SMILES string of the molecule is CCC(C)(C)CCC(C)O. The average Bonchev–Trinajstić information content (AvgIpc) is 1.85. The largest absolute Gasteiger partial charge is 0.393 e. The van der Waals surface area contributed by atoms with E-state index < -0.39 is 0 Å². The smallest absolute Gasteiger partial charge is 0.0512 e. The number of hydrogen-bond donors (Lipinski definition) is 1. The van der Waals surface area contributed by atoms with E-state index in [-0.39, 0.29) is 6.10 Å².